The van der Waals surface area contributed by atoms with Gasteiger partial charge < -0.3 is 14.9 Å². The molecule has 0 aliphatic carbocycles. The number of ether oxygens (including phenoxy) is 1. The van der Waals surface area contributed by atoms with E-state index in [1.165, 1.54) is 50.2 Å². The zero-order valence-electron chi connectivity index (χ0n) is 18.9. The molecule has 0 radical (unpaired) electrons. The van der Waals surface area contributed by atoms with Gasteiger partial charge in [0.25, 0.3) is 0 Å². The summed E-state index contributed by atoms with van der Waals surface area (Å²) in [6, 6.07) is 7.64. The van der Waals surface area contributed by atoms with Gasteiger partial charge in [-0.25, -0.2) is 0 Å². The van der Waals surface area contributed by atoms with E-state index >= 15 is 0 Å². The standard InChI is InChI=1S/C14H19IO2.C11H15IO2/c1-4-5-6-7-12-8-10(2)14(15)13(9-12)17-11(3)16;1-2-3-4-5-8-6-9(13)11(12)10(14)7-8/h8-9H,4-7H2,1-3H3;6-7,13-14H,2-5H2,1H3. The number of carbonyl (C=O) groups excluding carboxylic acids is 1. The van der Waals surface area contributed by atoms with Crippen molar-refractivity contribution in [1.29, 1.82) is 0 Å². The highest BCUT2D eigenvalue weighted by Crippen LogP contribution is 2.30. The first kappa shape index (κ1) is 28.0. The Bertz CT molecular complexity index is 827. The van der Waals surface area contributed by atoms with Crippen LogP contribution in [0.3, 0.4) is 0 Å². The first-order valence-corrected chi connectivity index (χ1v) is 13.0. The van der Waals surface area contributed by atoms with E-state index in [1.807, 2.05) is 28.7 Å². The van der Waals surface area contributed by atoms with Crippen molar-refractivity contribution in [2.45, 2.75) is 79.1 Å². The number of halogens is 2. The molecule has 0 atom stereocenters. The largest absolute Gasteiger partial charge is 0.507 e. The Kier molecular flexibility index (Phi) is 13.5. The number of aromatic hydroxyl groups is 2. The van der Waals surface area contributed by atoms with Gasteiger partial charge in [0, 0.05) is 6.92 Å². The van der Waals surface area contributed by atoms with E-state index in [9.17, 15) is 15.0 Å². The summed E-state index contributed by atoms with van der Waals surface area (Å²) in [5.74, 6) is 0.798. The smallest absolute Gasteiger partial charge is 0.308 e. The highest BCUT2D eigenvalue weighted by molar-refractivity contribution is 14.1. The lowest BCUT2D eigenvalue weighted by Crippen LogP contribution is -2.04. The van der Waals surface area contributed by atoms with E-state index in [-0.39, 0.29) is 17.5 Å². The summed E-state index contributed by atoms with van der Waals surface area (Å²) in [5.41, 5.74) is 3.44. The molecular formula is C25H34I2O4. The molecule has 0 amide bonds. The van der Waals surface area contributed by atoms with Gasteiger partial charge in [-0.05, 0) is 113 Å². The molecule has 0 aromatic heterocycles. The van der Waals surface area contributed by atoms with E-state index in [1.54, 1.807) is 12.1 Å². The number of rotatable bonds is 9. The molecule has 0 saturated heterocycles. The van der Waals surface area contributed by atoms with Gasteiger partial charge in [0.15, 0.2) is 0 Å². The van der Waals surface area contributed by atoms with E-state index in [0.717, 1.165) is 28.4 Å². The number of hydrogen-bond donors (Lipinski definition) is 2. The minimum atomic E-state index is -0.256. The molecule has 172 valence electrons. The van der Waals surface area contributed by atoms with E-state index in [0.29, 0.717) is 9.32 Å². The van der Waals surface area contributed by atoms with Gasteiger partial charge in [0.1, 0.15) is 17.2 Å². The number of unbranched alkanes of at least 4 members (excludes halogenated alkanes) is 4. The lowest BCUT2D eigenvalue weighted by atomic mass is 10.0. The summed E-state index contributed by atoms with van der Waals surface area (Å²) in [6.45, 7) is 7.85. The number of aryl methyl sites for hydroxylation is 3. The Balaban J connectivity index is 0.000000316. The van der Waals surface area contributed by atoms with Crippen LogP contribution in [-0.4, -0.2) is 16.2 Å². The lowest BCUT2D eigenvalue weighted by molar-refractivity contribution is -0.131. The van der Waals surface area contributed by atoms with Crippen LogP contribution in [0.5, 0.6) is 17.2 Å². The molecule has 2 rings (SSSR count). The predicted molar refractivity (Wildman–Crippen MR) is 144 cm³/mol. The van der Waals surface area contributed by atoms with Crippen molar-refractivity contribution in [3.05, 3.63) is 48.1 Å². The van der Waals surface area contributed by atoms with E-state index in [4.69, 9.17) is 4.74 Å². The van der Waals surface area contributed by atoms with Crippen molar-refractivity contribution in [3.63, 3.8) is 0 Å². The maximum atomic E-state index is 11.0. The van der Waals surface area contributed by atoms with Crippen LogP contribution in [0.15, 0.2) is 24.3 Å². The lowest BCUT2D eigenvalue weighted by Gasteiger charge is -2.10. The third-order valence-electron chi connectivity index (χ3n) is 4.77. The van der Waals surface area contributed by atoms with E-state index < -0.39 is 0 Å². The summed E-state index contributed by atoms with van der Waals surface area (Å²) in [6.07, 6.45) is 9.11. The second-order valence-electron chi connectivity index (χ2n) is 7.68. The van der Waals surface area contributed by atoms with Crippen molar-refractivity contribution in [3.8, 4) is 17.2 Å². The summed E-state index contributed by atoms with van der Waals surface area (Å²) in [4.78, 5) is 11.0. The fraction of sp³-hybridized carbons (Fsp3) is 0.480. The molecule has 0 aliphatic heterocycles. The van der Waals surface area contributed by atoms with Crippen LogP contribution in [0.4, 0.5) is 0 Å². The van der Waals surface area contributed by atoms with Crippen molar-refractivity contribution >= 4 is 51.2 Å². The van der Waals surface area contributed by atoms with E-state index in [2.05, 4.69) is 49.4 Å². The van der Waals surface area contributed by atoms with Crippen LogP contribution in [0.2, 0.25) is 0 Å². The Morgan fingerprint density at radius 1 is 0.839 bits per heavy atom. The topological polar surface area (TPSA) is 66.8 Å². The van der Waals surface area contributed by atoms with Crippen LogP contribution >= 0.6 is 45.2 Å². The van der Waals surface area contributed by atoms with Crippen LogP contribution in [0.1, 0.15) is 76.0 Å². The second-order valence-corrected chi connectivity index (χ2v) is 9.84. The number of benzene rings is 2. The molecule has 0 unspecified atom stereocenters. The van der Waals surface area contributed by atoms with Crippen LogP contribution in [0.25, 0.3) is 0 Å². The molecule has 0 bridgehead atoms. The summed E-state index contributed by atoms with van der Waals surface area (Å²) < 4.78 is 6.78. The minimum Gasteiger partial charge on any atom is -0.507 e. The number of carbonyl (C=O) groups is 1. The number of phenols is 2. The van der Waals surface area contributed by atoms with Gasteiger partial charge in [-0.1, -0.05) is 45.6 Å². The Labute approximate surface area is 214 Å². The molecule has 0 aliphatic rings. The SMILES string of the molecule is CCCCCc1cc(C)c(I)c(OC(C)=O)c1.CCCCCc1cc(O)c(I)c(O)c1. The molecule has 6 heteroatoms. The molecule has 0 spiro atoms. The highest BCUT2D eigenvalue weighted by Gasteiger charge is 2.09. The average molecular weight is 652 g/mol. The Hall–Kier alpha value is -1.03. The minimum absolute atomic E-state index is 0.178. The molecule has 0 heterocycles. The van der Waals surface area contributed by atoms with Gasteiger partial charge >= 0.3 is 5.97 Å². The van der Waals surface area contributed by atoms with Gasteiger partial charge in [0.05, 0.1) is 7.14 Å². The van der Waals surface area contributed by atoms with Gasteiger partial charge in [-0.15, -0.1) is 0 Å². The van der Waals surface area contributed by atoms with Crippen LogP contribution in [0, 0.1) is 14.1 Å². The number of esters is 1. The van der Waals surface area contributed by atoms with Gasteiger partial charge in [-0.2, -0.15) is 0 Å². The molecule has 2 aromatic carbocycles. The third kappa shape index (κ3) is 10.4. The molecule has 2 N–H and O–H groups in total. The van der Waals surface area contributed by atoms with Gasteiger partial charge in [0.2, 0.25) is 0 Å². The Morgan fingerprint density at radius 3 is 1.77 bits per heavy atom. The first-order valence-electron chi connectivity index (χ1n) is 10.9. The van der Waals surface area contributed by atoms with Crippen molar-refractivity contribution in [2.75, 3.05) is 0 Å². The molecule has 0 saturated carbocycles. The fourth-order valence-electron chi connectivity index (χ4n) is 3.14. The van der Waals surface area contributed by atoms with Gasteiger partial charge in [-0.3, -0.25) is 4.79 Å². The van der Waals surface area contributed by atoms with Crippen LogP contribution in [-0.2, 0) is 17.6 Å². The maximum absolute atomic E-state index is 11.0. The number of phenolic OH excluding ortho intramolecular Hbond substituents is 2. The van der Waals surface area contributed by atoms with Crippen LogP contribution < -0.4 is 4.74 Å². The summed E-state index contributed by atoms with van der Waals surface area (Å²) in [7, 11) is 0. The second kappa shape index (κ2) is 14.9. The normalized spacial score (nSPS) is 10.4. The first-order chi connectivity index (χ1) is 14.7. The third-order valence-corrected chi connectivity index (χ3v) is 7.25. The average Bonchev–Trinajstić information content (AvgIpc) is 2.70. The monoisotopic (exact) mass is 652 g/mol. The predicted octanol–water partition coefficient (Wildman–Crippen LogP) is 7.69. The number of hydrogen-bond acceptors (Lipinski definition) is 4. The van der Waals surface area contributed by atoms with Crippen molar-refractivity contribution in [1.82, 2.24) is 0 Å². The quantitative estimate of drug-likeness (QED) is 0.126. The fourth-order valence-corrected chi connectivity index (χ4v) is 3.87. The molecule has 4 nitrogen and oxygen atoms in total. The summed E-state index contributed by atoms with van der Waals surface area (Å²) in [5, 5.41) is 18.9. The zero-order chi connectivity index (χ0) is 23.4. The molecular weight excluding hydrogens is 618 g/mol. The molecule has 31 heavy (non-hydrogen) atoms. The molecule has 0 fully saturated rings. The Morgan fingerprint density at radius 2 is 1.32 bits per heavy atom. The summed E-state index contributed by atoms with van der Waals surface area (Å²) >= 11 is 4.15. The zero-order valence-corrected chi connectivity index (χ0v) is 23.2. The van der Waals surface area contributed by atoms with Crippen molar-refractivity contribution in [2.24, 2.45) is 0 Å². The maximum Gasteiger partial charge on any atom is 0.308 e. The highest BCUT2D eigenvalue weighted by atomic mass is 127. The van der Waals surface area contributed by atoms with Crippen molar-refractivity contribution < 1.29 is 19.7 Å². The molecule has 2 aromatic rings.